The van der Waals surface area contributed by atoms with Gasteiger partial charge in [-0.1, -0.05) is 22.9 Å². The molecule has 2 fully saturated rings. The monoisotopic (exact) mass is 245 g/mol. The van der Waals surface area contributed by atoms with Crippen LogP contribution in [0.5, 0.6) is 0 Å². The van der Waals surface area contributed by atoms with Gasteiger partial charge in [-0.15, -0.1) is 0 Å². The molecule has 0 radical (unpaired) electrons. The summed E-state index contributed by atoms with van der Waals surface area (Å²) in [4.78, 5) is 2.69. The third kappa shape index (κ3) is 2.95. The molecule has 0 bridgehead atoms. The van der Waals surface area contributed by atoms with Crippen molar-refractivity contribution in [3.8, 4) is 0 Å². The molecule has 1 saturated heterocycles. The Hall–Kier alpha value is 0.440. The fourth-order valence-corrected chi connectivity index (χ4v) is 2.99. The number of piperidine rings is 1. The summed E-state index contributed by atoms with van der Waals surface area (Å²) < 4.78 is 0. The zero-order valence-corrected chi connectivity index (χ0v) is 10.1. The van der Waals surface area contributed by atoms with E-state index in [1.807, 2.05) is 0 Å². The van der Waals surface area contributed by atoms with E-state index < -0.39 is 0 Å². The lowest BCUT2D eigenvalue weighted by Crippen LogP contribution is -2.41. The van der Waals surface area contributed by atoms with Crippen molar-refractivity contribution in [1.29, 1.82) is 0 Å². The quantitative estimate of drug-likeness (QED) is 0.692. The molecule has 13 heavy (non-hydrogen) atoms. The summed E-state index contributed by atoms with van der Waals surface area (Å²) in [5, 5.41) is 1.19. The highest BCUT2D eigenvalue weighted by molar-refractivity contribution is 9.09. The molecule has 1 nitrogen and oxygen atoms in total. The molecule has 2 atom stereocenters. The van der Waals surface area contributed by atoms with Gasteiger partial charge in [-0.25, -0.2) is 0 Å². The van der Waals surface area contributed by atoms with Gasteiger partial charge in [0.05, 0.1) is 0 Å². The second-order valence-corrected chi connectivity index (χ2v) is 5.67. The van der Waals surface area contributed by atoms with Crippen LogP contribution in [0.2, 0.25) is 0 Å². The van der Waals surface area contributed by atoms with Crippen molar-refractivity contribution in [2.24, 2.45) is 17.8 Å². The van der Waals surface area contributed by atoms with Crippen molar-refractivity contribution in [3.05, 3.63) is 0 Å². The summed E-state index contributed by atoms with van der Waals surface area (Å²) in [5.74, 6) is 2.87. The van der Waals surface area contributed by atoms with Gasteiger partial charge < -0.3 is 4.90 Å². The van der Waals surface area contributed by atoms with E-state index >= 15 is 0 Å². The number of rotatable bonds is 3. The van der Waals surface area contributed by atoms with Gasteiger partial charge in [-0.05, 0) is 37.0 Å². The smallest absolute Gasteiger partial charge is 0.00719 e. The van der Waals surface area contributed by atoms with E-state index in [1.54, 1.807) is 0 Å². The van der Waals surface area contributed by atoms with Gasteiger partial charge in [-0.2, -0.15) is 0 Å². The lowest BCUT2D eigenvalue weighted by molar-refractivity contribution is 0.138. The van der Waals surface area contributed by atoms with E-state index in [2.05, 4.69) is 27.8 Å². The first-order valence-corrected chi connectivity index (χ1v) is 6.68. The minimum absolute atomic E-state index is 0.905. The van der Waals surface area contributed by atoms with Crippen LogP contribution in [0.1, 0.15) is 26.2 Å². The Morgan fingerprint density at radius 1 is 1.23 bits per heavy atom. The minimum atomic E-state index is 0.905. The Labute approximate surface area is 90.0 Å². The molecule has 2 rings (SSSR count). The van der Waals surface area contributed by atoms with Crippen LogP contribution in [-0.4, -0.2) is 29.9 Å². The number of hydrogen-bond acceptors (Lipinski definition) is 1. The van der Waals surface area contributed by atoms with Gasteiger partial charge in [0.15, 0.2) is 0 Å². The highest BCUT2D eigenvalue weighted by atomic mass is 79.9. The van der Waals surface area contributed by atoms with Gasteiger partial charge in [-0.3, -0.25) is 0 Å². The summed E-state index contributed by atoms with van der Waals surface area (Å²) >= 11 is 3.62. The van der Waals surface area contributed by atoms with E-state index in [9.17, 15) is 0 Å². The zero-order chi connectivity index (χ0) is 9.26. The first kappa shape index (κ1) is 9.97. The minimum Gasteiger partial charge on any atom is -0.302 e. The van der Waals surface area contributed by atoms with Gasteiger partial charge >= 0.3 is 0 Å². The lowest BCUT2D eigenvalue weighted by Gasteiger charge is -2.35. The zero-order valence-electron chi connectivity index (χ0n) is 8.51. The molecule has 1 saturated carbocycles. The van der Waals surface area contributed by atoms with Crippen LogP contribution >= 0.6 is 15.9 Å². The van der Waals surface area contributed by atoms with Crippen molar-refractivity contribution in [1.82, 2.24) is 4.90 Å². The summed E-state index contributed by atoms with van der Waals surface area (Å²) in [6.07, 6.45) is 4.40. The third-order valence-corrected chi connectivity index (χ3v) is 4.17. The lowest BCUT2D eigenvalue weighted by atomic mass is 9.92. The molecule has 0 spiro atoms. The Morgan fingerprint density at radius 2 is 2.00 bits per heavy atom. The maximum Gasteiger partial charge on any atom is 0.00719 e. The Balaban J connectivity index is 1.80. The molecule has 2 unspecified atom stereocenters. The maximum absolute atomic E-state index is 3.62. The van der Waals surface area contributed by atoms with Crippen LogP contribution < -0.4 is 0 Å². The van der Waals surface area contributed by atoms with Crippen LogP contribution in [0.3, 0.4) is 0 Å². The molecule has 0 N–H and O–H groups in total. The van der Waals surface area contributed by atoms with Crippen LogP contribution in [0, 0.1) is 17.8 Å². The van der Waals surface area contributed by atoms with Crippen molar-refractivity contribution in [2.45, 2.75) is 26.2 Å². The Bertz CT molecular complexity index is 165. The van der Waals surface area contributed by atoms with E-state index in [-0.39, 0.29) is 0 Å². The summed E-state index contributed by atoms with van der Waals surface area (Å²) in [5.41, 5.74) is 0. The predicted octanol–water partition coefficient (Wildman–Crippen LogP) is 2.75. The Morgan fingerprint density at radius 3 is 2.62 bits per heavy atom. The molecule has 0 aromatic carbocycles. The second kappa shape index (κ2) is 4.31. The highest BCUT2D eigenvalue weighted by Crippen LogP contribution is 2.32. The van der Waals surface area contributed by atoms with E-state index in [4.69, 9.17) is 0 Å². The van der Waals surface area contributed by atoms with E-state index in [0.29, 0.717) is 0 Å². The molecule has 1 heterocycles. The largest absolute Gasteiger partial charge is 0.302 e. The summed E-state index contributed by atoms with van der Waals surface area (Å²) in [6.45, 7) is 6.47. The molecule has 1 aliphatic heterocycles. The van der Waals surface area contributed by atoms with Gasteiger partial charge in [0.1, 0.15) is 0 Å². The fourth-order valence-electron chi connectivity index (χ4n) is 2.52. The van der Waals surface area contributed by atoms with Crippen LogP contribution in [0.15, 0.2) is 0 Å². The van der Waals surface area contributed by atoms with E-state index in [0.717, 1.165) is 17.8 Å². The van der Waals surface area contributed by atoms with Crippen LogP contribution in [0.25, 0.3) is 0 Å². The van der Waals surface area contributed by atoms with Crippen molar-refractivity contribution < 1.29 is 0 Å². The number of likely N-dealkylation sites (tertiary alicyclic amines) is 1. The molecule has 0 aromatic heterocycles. The molecule has 0 amide bonds. The van der Waals surface area contributed by atoms with Crippen molar-refractivity contribution in [2.75, 3.05) is 25.0 Å². The molecule has 0 aromatic rings. The molecule has 2 aliphatic rings. The molecule has 1 aliphatic carbocycles. The Kier molecular flexibility index (Phi) is 3.31. The summed E-state index contributed by atoms with van der Waals surface area (Å²) in [7, 11) is 0. The molecule has 76 valence electrons. The SMILES string of the molecule is CC1CC(CBr)CN(CC2CC2)C1. The number of alkyl halides is 1. The fraction of sp³-hybridized carbons (Fsp3) is 1.00. The normalized spacial score (nSPS) is 36.5. The van der Waals surface area contributed by atoms with Gasteiger partial charge in [0, 0.05) is 25.0 Å². The number of halogens is 1. The predicted molar refractivity (Wildman–Crippen MR) is 60.2 cm³/mol. The third-order valence-electron chi connectivity index (χ3n) is 3.25. The van der Waals surface area contributed by atoms with E-state index in [1.165, 1.54) is 44.2 Å². The second-order valence-electron chi connectivity index (χ2n) is 5.02. The highest BCUT2D eigenvalue weighted by Gasteiger charge is 2.29. The average molecular weight is 246 g/mol. The van der Waals surface area contributed by atoms with Crippen molar-refractivity contribution in [3.63, 3.8) is 0 Å². The van der Waals surface area contributed by atoms with Gasteiger partial charge in [0.25, 0.3) is 0 Å². The first-order valence-electron chi connectivity index (χ1n) is 5.56. The first-order chi connectivity index (χ1) is 6.28. The summed E-state index contributed by atoms with van der Waals surface area (Å²) in [6, 6.07) is 0. The molecular weight excluding hydrogens is 226 g/mol. The standard InChI is InChI=1S/C11H20BrN/c1-9-4-11(5-12)8-13(6-9)7-10-2-3-10/h9-11H,2-8H2,1H3. The number of hydrogen-bond donors (Lipinski definition) is 0. The molecular formula is C11H20BrN. The van der Waals surface area contributed by atoms with Gasteiger partial charge in [0.2, 0.25) is 0 Å². The van der Waals surface area contributed by atoms with Crippen molar-refractivity contribution >= 4 is 15.9 Å². The van der Waals surface area contributed by atoms with Crippen LogP contribution in [0.4, 0.5) is 0 Å². The molecule has 2 heteroatoms. The van der Waals surface area contributed by atoms with Crippen LogP contribution in [-0.2, 0) is 0 Å². The topological polar surface area (TPSA) is 3.24 Å². The maximum atomic E-state index is 3.62. The average Bonchev–Trinajstić information content (AvgIpc) is 2.87. The number of nitrogens with zero attached hydrogens (tertiary/aromatic N) is 1.